The Labute approximate surface area is 158 Å². The van der Waals surface area contributed by atoms with E-state index in [-0.39, 0.29) is 23.8 Å². The number of likely N-dealkylation sites (tertiary alicyclic amines) is 1. The quantitative estimate of drug-likeness (QED) is 0.819. The van der Waals surface area contributed by atoms with Gasteiger partial charge in [-0.05, 0) is 55.3 Å². The lowest BCUT2D eigenvalue weighted by atomic mass is 10.1. The molecule has 2 aromatic rings. The SMILES string of the molecule is Cc1cccc(N2C[C@H](C(=O)N3CCC[C@H]3c3cccs3)CC2=O)c1C. The summed E-state index contributed by atoms with van der Waals surface area (Å²) >= 11 is 1.71. The zero-order valence-corrected chi connectivity index (χ0v) is 16.1. The fraction of sp³-hybridized carbons (Fsp3) is 0.429. The summed E-state index contributed by atoms with van der Waals surface area (Å²) in [6, 6.07) is 10.4. The summed E-state index contributed by atoms with van der Waals surface area (Å²) in [5.41, 5.74) is 3.23. The minimum absolute atomic E-state index is 0.0592. The smallest absolute Gasteiger partial charge is 0.228 e. The number of hydrogen-bond acceptors (Lipinski definition) is 3. The fourth-order valence-electron chi connectivity index (χ4n) is 4.18. The zero-order valence-electron chi connectivity index (χ0n) is 15.3. The van der Waals surface area contributed by atoms with Gasteiger partial charge in [-0.1, -0.05) is 18.2 Å². The van der Waals surface area contributed by atoms with Gasteiger partial charge in [-0.15, -0.1) is 11.3 Å². The standard InChI is InChI=1S/C21H24N2O2S/c1-14-6-3-7-17(15(14)2)23-13-16(12-20(23)24)21(25)22-10-4-8-18(22)19-9-5-11-26-19/h3,5-7,9,11,16,18H,4,8,10,12-13H2,1-2H3/t16-,18+/m1/s1. The molecule has 0 aliphatic carbocycles. The highest BCUT2D eigenvalue weighted by molar-refractivity contribution is 7.10. The normalized spacial score (nSPS) is 23.1. The van der Waals surface area contributed by atoms with E-state index in [0.717, 1.165) is 30.6 Å². The third kappa shape index (κ3) is 2.94. The van der Waals surface area contributed by atoms with Gasteiger partial charge < -0.3 is 9.80 Å². The van der Waals surface area contributed by atoms with Crippen LogP contribution in [-0.4, -0.2) is 29.8 Å². The highest BCUT2D eigenvalue weighted by Gasteiger charge is 2.41. The Hall–Kier alpha value is -2.14. The van der Waals surface area contributed by atoms with Gasteiger partial charge in [0, 0.05) is 30.1 Å². The van der Waals surface area contributed by atoms with Crippen molar-refractivity contribution in [2.75, 3.05) is 18.0 Å². The predicted octanol–water partition coefficient (Wildman–Crippen LogP) is 4.08. The van der Waals surface area contributed by atoms with Gasteiger partial charge in [0.1, 0.15) is 0 Å². The van der Waals surface area contributed by atoms with Crippen LogP contribution in [0.3, 0.4) is 0 Å². The van der Waals surface area contributed by atoms with Crippen molar-refractivity contribution in [2.24, 2.45) is 5.92 Å². The Morgan fingerprint density at radius 2 is 2.04 bits per heavy atom. The number of rotatable bonds is 3. The van der Waals surface area contributed by atoms with Crippen molar-refractivity contribution in [1.29, 1.82) is 0 Å². The number of carbonyl (C=O) groups is 2. The molecule has 5 heteroatoms. The van der Waals surface area contributed by atoms with Crippen molar-refractivity contribution in [1.82, 2.24) is 4.90 Å². The Morgan fingerprint density at radius 1 is 1.19 bits per heavy atom. The lowest BCUT2D eigenvalue weighted by Crippen LogP contribution is -2.37. The van der Waals surface area contributed by atoms with E-state index in [1.807, 2.05) is 30.0 Å². The second kappa shape index (κ2) is 6.88. The molecule has 1 aromatic heterocycles. The van der Waals surface area contributed by atoms with Crippen LogP contribution in [0, 0.1) is 19.8 Å². The molecule has 0 saturated carbocycles. The molecule has 0 bridgehead atoms. The molecule has 2 fully saturated rings. The van der Waals surface area contributed by atoms with E-state index in [1.165, 1.54) is 10.4 Å². The topological polar surface area (TPSA) is 40.6 Å². The van der Waals surface area contributed by atoms with Gasteiger partial charge in [-0.3, -0.25) is 9.59 Å². The number of anilines is 1. The van der Waals surface area contributed by atoms with Gasteiger partial charge in [-0.2, -0.15) is 0 Å². The zero-order chi connectivity index (χ0) is 18.3. The first kappa shape index (κ1) is 17.3. The number of benzene rings is 1. The van der Waals surface area contributed by atoms with Gasteiger partial charge in [0.05, 0.1) is 12.0 Å². The number of aryl methyl sites for hydroxylation is 1. The van der Waals surface area contributed by atoms with Crippen LogP contribution in [0.5, 0.6) is 0 Å². The van der Waals surface area contributed by atoms with E-state index >= 15 is 0 Å². The van der Waals surface area contributed by atoms with Crippen LogP contribution in [-0.2, 0) is 9.59 Å². The highest BCUT2D eigenvalue weighted by atomic mass is 32.1. The highest BCUT2D eigenvalue weighted by Crippen LogP contribution is 2.37. The van der Waals surface area contributed by atoms with Gasteiger partial charge in [0.15, 0.2) is 0 Å². The molecule has 1 aromatic carbocycles. The number of thiophene rings is 1. The molecular formula is C21H24N2O2S. The second-order valence-corrected chi connectivity index (χ2v) is 8.31. The maximum Gasteiger partial charge on any atom is 0.228 e. The summed E-state index contributed by atoms with van der Waals surface area (Å²) in [6.45, 7) is 5.39. The Morgan fingerprint density at radius 3 is 2.81 bits per heavy atom. The first-order valence-corrected chi connectivity index (χ1v) is 10.1. The average molecular weight is 369 g/mol. The van der Waals surface area contributed by atoms with Crippen LogP contribution in [0.4, 0.5) is 5.69 Å². The Kier molecular flexibility index (Phi) is 4.57. The van der Waals surface area contributed by atoms with Crippen molar-refractivity contribution in [2.45, 2.75) is 39.2 Å². The first-order chi connectivity index (χ1) is 12.6. The van der Waals surface area contributed by atoms with E-state index in [2.05, 4.69) is 24.4 Å². The molecule has 0 radical (unpaired) electrons. The molecule has 0 unspecified atom stereocenters. The molecule has 4 nitrogen and oxygen atoms in total. The molecule has 0 spiro atoms. The maximum absolute atomic E-state index is 13.2. The van der Waals surface area contributed by atoms with Crippen LogP contribution in [0.1, 0.15) is 41.3 Å². The molecule has 2 aliphatic heterocycles. The third-order valence-electron chi connectivity index (χ3n) is 5.75. The molecule has 4 rings (SSSR count). The Bertz CT molecular complexity index is 831. The summed E-state index contributed by atoms with van der Waals surface area (Å²) in [7, 11) is 0. The monoisotopic (exact) mass is 368 g/mol. The summed E-state index contributed by atoms with van der Waals surface area (Å²) in [5, 5.41) is 2.07. The molecule has 0 N–H and O–H groups in total. The van der Waals surface area contributed by atoms with Gasteiger partial charge in [0.25, 0.3) is 0 Å². The van der Waals surface area contributed by atoms with E-state index in [9.17, 15) is 9.59 Å². The Balaban J connectivity index is 1.53. The predicted molar refractivity (Wildman–Crippen MR) is 104 cm³/mol. The number of hydrogen-bond donors (Lipinski definition) is 0. The van der Waals surface area contributed by atoms with Crippen molar-refractivity contribution in [3.8, 4) is 0 Å². The number of amides is 2. The van der Waals surface area contributed by atoms with Crippen molar-refractivity contribution in [3.05, 3.63) is 51.7 Å². The molecule has 2 aliphatic rings. The molecule has 2 saturated heterocycles. The fourth-order valence-corrected chi connectivity index (χ4v) is 5.05. The van der Waals surface area contributed by atoms with E-state index < -0.39 is 0 Å². The van der Waals surface area contributed by atoms with Gasteiger partial charge >= 0.3 is 0 Å². The maximum atomic E-state index is 13.2. The largest absolute Gasteiger partial charge is 0.335 e. The average Bonchev–Trinajstić information content (AvgIpc) is 3.36. The minimum Gasteiger partial charge on any atom is -0.335 e. The van der Waals surface area contributed by atoms with Gasteiger partial charge in [0.2, 0.25) is 11.8 Å². The summed E-state index contributed by atoms with van der Waals surface area (Å²) < 4.78 is 0. The number of carbonyl (C=O) groups excluding carboxylic acids is 2. The molecule has 2 atom stereocenters. The van der Waals surface area contributed by atoms with Crippen LogP contribution < -0.4 is 4.90 Å². The van der Waals surface area contributed by atoms with Crippen molar-refractivity contribution < 1.29 is 9.59 Å². The second-order valence-electron chi connectivity index (χ2n) is 7.33. The number of nitrogens with zero attached hydrogens (tertiary/aromatic N) is 2. The van der Waals surface area contributed by atoms with Crippen LogP contribution in [0.15, 0.2) is 35.7 Å². The van der Waals surface area contributed by atoms with E-state index in [0.29, 0.717) is 13.0 Å². The van der Waals surface area contributed by atoms with E-state index in [4.69, 9.17) is 0 Å². The summed E-state index contributed by atoms with van der Waals surface area (Å²) in [6.07, 6.45) is 2.38. The molecule has 26 heavy (non-hydrogen) atoms. The molecule has 136 valence electrons. The molecule has 3 heterocycles. The lowest BCUT2D eigenvalue weighted by Gasteiger charge is -2.27. The lowest BCUT2D eigenvalue weighted by molar-refractivity contribution is -0.136. The van der Waals surface area contributed by atoms with E-state index in [1.54, 1.807) is 16.2 Å². The van der Waals surface area contributed by atoms with Crippen molar-refractivity contribution >= 4 is 28.8 Å². The minimum atomic E-state index is -0.233. The molecule has 2 amide bonds. The van der Waals surface area contributed by atoms with Crippen LogP contribution in [0.2, 0.25) is 0 Å². The van der Waals surface area contributed by atoms with Gasteiger partial charge in [-0.25, -0.2) is 0 Å². The summed E-state index contributed by atoms with van der Waals surface area (Å²) in [5.74, 6) is -0.0334. The molecular weight excluding hydrogens is 344 g/mol. The van der Waals surface area contributed by atoms with Crippen molar-refractivity contribution in [3.63, 3.8) is 0 Å². The first-order valence-electron chi connectivity index (χ1n) is 9.26. The van der Waals surface area contributed by atoms with Crippen LogP contribution >= 0.6 is 11.3 Å². The third-order valence-corrected chi connectivity index (χ3v) is 6.72. The summed E-state index contributed by atoms with van der Waals surface area (Å²) in [4.78, 5) is 30.9. The van der Waals surface area contributed by atoms with Crippen LogP contribution in [0.25, 0.3) is 0 Å².